The molecule has 24 heavy (non-hydrogen) atoms. The molecule has 4 fully saturated rings. The Morgan fingerprint density at radius 3 is 2.17 bits per heavy atom. The van der Waals surface area contributed by atoms with Crippen molar-refractivity contribution in [3.8, 4) is 0 Å². The minimum atomic E-state index is -0.690. The van der Waals surface area contributed by atoms with E-state index in [1.54, 1.807) is 0 Å². The third-order valence-corrected chi connectivity index (χ3v) is 6.68. The zero-order chi connectivity index (χ0) is 17.2. The van der Waals surface area contributed by atoms with Crippen LogP contribution >= 0.6 is 0 Å². The summed E-state index contributed by atoms with van der Waals surface area (Å²) in [6, 6.07) is 0. The number of aliphatic carboxylic acids is 1. The van der Waals surface area contributed by atoms with Crippen molar-refractivity contribution in [1.29, 1.82) is 0 Å². The Morgan fingerprint density at radius 1 is 0.958 bits per heavy atom. The first-order chi connectivity index (χ1) is 11.5. The van der Waals surface area contributed by atoms with Gasteiger partial charge in [-0.15, -0.1) is 0 Å². The second-order valence-corrected chi connectivity index (χ2v) is 8.73. The molecule has 1 N–H and O–H groups in total. The van der Waals surface area contributed by atoms with Crippen molar-refractivity contribution in [2.24, 2.45) is 22.7 Å². The lowest BCUT2D eigenvalue weighted by Gasteiger charge is -2.59. The average molecular weight is 336 g/mol. The van der Waals surface area contributed by atoms with Gasteiger partial charge in [0, 0.05) is 0 Å². The molecule has 0 saturated heterocycles. The van der Waals surface area contributed by atoms with Crippen LogP contribution in [0.5, 0.6) is 0 Å². The van der Waals surface area contributed by atoms with Gasteiger partial charge in [-0.25, -0.2) is 0 Å². The molecule has 4 rings (SSSR count). The first-order valence-corrected chi connectivity index (χ1v) is 9.90. The molecule has 4 bridgehead atoms. The predicted molar refractivity (Wildman–Crippen MR) is 91.5 cm³/mol. The standard InChI is InChI=1S/C20H32O4/c1-2-3-4-5-6-7-8-24-18(23)20-12-15-9-16(13-20)11-19(10-15,14-20)17(21)22/h15-16H,2-14H2,1H3,(H,21,22). The molecular formula is C20H32O4. The largest absolute Gasteiger partial charge is 0.481 e. The molecule has 4 aliphatic rings. The highest BCUT2D eigenvalue weighted by molar-refractivity contribution is 5.82. The Kier molecular flexibility index (Phi) is 5.22. The zero-order valence-electron chi connectivity index (χ0n) is 15.0. The fourth-order valence-corrected chi connectivity index (χ4v) is 5.95. The van der Waals surface area contributed by atoms with Gasteiger partial charge < -0.3 is 9.84 Å². The number of hydrogen-bond acceptors (Lipinski definition) is 3. The van der Waals surface area contributed by atoms with Crippen molar-refractivity contribution >= 4 is 11.9 Å². The summed E-state index contributed by atoms with van der Waals surface area (Å²) >= 11 is 0. The first kappa shape index (κ1) is 17.8. The molecule has 4 aliphatic carbocycles. The second kappa shape index (κ2) is 7.05. The molecule has 2 unspecified atom stereocenters. The number of hydrogen-bond donors (Lipinski definition) is 1. The van der Waals surface area contributed by atoms with Crippen LogP contribution in [0.25, 0.3) is 0 Å². The van der Waals surface area contributed by atoms with Crippen LogP contribution in [0.2, 0.25) is 0 Å². The van der Waals surface area contributed by atoms with E-state index in [1.807, 2.05) is 0 Å². The number of unbranched alkanes of at least 4 members (excludes halogenated alkanes) is 5. The molecule has 0 aromatic carbocycles. The molecular weight excluding hydrogens is 304 g/mol. The zero-order valence-corrected chi connectivity index (χ0v) is 15.0. The van der Waals surface area contributed by atoms with Gasteiger partial charge in [-0.2, -0.15) is 0 Å². The minimum Gasteiger partial charge on any atom is -0.481 e. The lowest BCUT2D eigenvalue weighted by molar-refractivity contribution is -0.190. The maximum Gasteiger partial charge on any atom is 0.312 e. The van der Waals surface area contributed by atoms with E-state index in [0.29, 0.717) is 24.9 Å². The third kappa shape index (κ3) is 3.34. The van der Waals surface area contributed by atoms with Crippen molar-refractivity contribution < 1.29 is 19.4 Å². The smallest absolute Gasteiger partial charge is 0.312 e. The normalized spacial score (nSPS) is 36.7. The van der Waals surface area contributed by atoms with Crippen molar-refractivity contribution in [2.75, 3.05) is 6.61 Å². The summed E-state index contributed by atoms with van der Waals surface area (Å²) in [5, 5.41) is 9.74. The van der Waals surface area contributed by atoms with Crippen LogP contribution in [0.1, 0.15) is 84.0 Å². The highest BCUT2D eigenvalue weighted by Crippen LogP contribution is 2.65. The third-order valence-electron chi connectivity index (χ3n) is 6.68. The van der Waals surface area contributed by atoms with Crippen LogP contribution in [0.3, 0.4) is 0 Å². The monoisotopic (exact) mass is 336 g/mol. The highest BCUT2D eigenvalue weighted by Gasteiger charge is 2.63. The van der Waals surface area contributed by atoms with Gasteiger partial charge >= 0.3 is 11.9 Å². The summed E-state index contributed by atoms with van der Waals surface area (Å²) in [6.45, 7) is 2.71. The molecule has 4 saturated carbocycles. The van der Waals surface area contributed by atoms with E-state index in [4.69, 9.17) is 4.74 Å². The van der Waals surface area contributed by atoms with Gasteiger partial charge in [-0.1, -0.05) is 39.0 Å². The Balaban J connectivity index is 1.52. The van der Waals surface area contributed by atoms with Gasteiger partial charge in [0.15, 0.2) is 0 Å². The summed E-state index contributed by atoms with van der Waals surface area (Å²) < 4.78 is 5.63. The van der Waals surface area contributed by atoms with Crippen molar-refractivity contribution in [2.45, 2.75) is 84.0 Å². The Morgan fingerprint density at radius 2 is 1.54 bits per heavy atom. The second-order valence-electron chi connectivity index (χ2n) is 8.73. The van der Waals surface area contributed by atoms with Gasteiger partial charge in [0.1, 0.15) is 0 Å². The van der Waals surface area contributed by atoms with E-state index in [9.17, 15) is 14.7 Å². The van der Waals surface area contributed by atoms with Crippen molar-refractivity contribution in [1.82, 2.24) is 0 Å². The van der Waals surface area contributed by atoms with Crippen LogP contribution in [0.4, 0.5) is 0 Å². The fourth-order valence-electron chi connectivity index (χ4n) is 5.95. The highest BCUT2D eigenvalue weighted by atomic mass is 16.5. The molecule has 136 valence electrons. The molecule has 0 amide bonds. The van der Waals surface area contributed by atoms with Crippen molar-refractivity contribution in [3.05, 3.63) is 0 Å². The molecule has 0 spiro atoms. The summed E-state index contributed by atoms with van der Waals surface area (Å²) in [7, 11) is 0. The van der Waals surface area contributed by atoms with E-state index in [2.05, 4.69) is 6.92 Å². The number of rotatable bonds is 9. The first-order valence-electron chi connectivity index (χ1n) is 9.90. The summed E-state index contributed by atoms with van der Waals surface area (Å²) in [5.41, 5.74) is -1.14. The lowest BCUT2D eigenvalue weighted by atomic mass is 9.44. The van der Waals surface area contributed by atoms with E-state index < -0.39 is 16.8 Å². The SMILES string of the molecule is CCCCCCCCOC(=O)C12CC3CC(CC(C(=O)O)(C3)C1)C2. The molecule has 4 heteroatoms. The van der Waals surface area contributed by atoms with Gasteiger partial charge in [0.05, 0.1) is 17.4 Å². The maximum absolute atomic E-state index is 12.8. The Labute approximate surface area is 145 Å². The minimum absolute atomic E-state index is 0.101. The molecule has 0 aliphatic heterocycles. The van der Waals surface area contributed by atoms with Gasteiger partial charge in [0.2, 0.25) is 0 Å². The summed E-state index contributed by atoms with van der Waals surface area (Å²) in [6.07, 6.45) is 11.9. The van der Waals surface area contributed by atoms with Crippen LogP contribution in [-0.4, -0.2) is 23.7 Å². The topological polar surface area (TPSA) is 63.6 Å². The number of carboxylic acid groups (broad SMARTS) is 1. The Hall–Kier alpha value is -1.06. The quantitative estimate of drug-likeness (QED) is 0.495. The fraction of sp³-hybridized carbons (Fsp3) is 0.900. The summed E-state index contributed by atoms with van der Waals surface area (Å²) in [4.78, 5) is 24.6. The van der Waals surface area contributed by atoms with Gasteiger partial charge in [0.25, 0.3) is 0 Å². The maximum atomic E-state index is 12.8. The van der Waals surface area contributed by atoms with Gasteiger partial charge in [-0.05, 0) is 56.8 Å². The van der Waals surface area contributed by atoms with E-state index in [1.165, 1.54) is 25.7 Å². The molecule has 2 atom stereocenters. The Bertz CT molecular complexity index is 470. The van der Waals surface area contributed by atoms with E-state index >= 15 is 0 Å². The van der Waals surface area contributed by atoms with Crippen LogP contribution in [0, 0.1) is 22.7 Å². The molecule has 0 heterocycles. The molecule has 0 aromatic rings. The summed E-state index contributed by atoms with van der Waals surface area (Å²) in [5.74, 6) is 0.0216. The lowest BCUT2D eigenvalue weighted by Crippen LogP contribution is -2.57. The molecule has 0 radical (unpaired) electrons. The number of ether oxygens (including phenoxy) is 1. The van der Waals surface area contributed by atoms with Crippen LogP contribution < -0.4 is 0 Å². The number of carboxylic acids is 1. The molecule has 4 nitrogen and oxygen atoms in total. The van der Waals surface area contributed by atoms with E-state index in [-0.39, 0.29) is 5.97 Å². The van der Waals surface area contributed by atoms with Crippen molar-refractivity contribution in [3.63, 3.8) is 0 Å². The van der Waals surface area contributed by atoms with E-state index in [0.717, 1.165) is 44.9 Å². The number of carbonyl (C=O) groups is 2. The molecule has 0 aromatic heterocycles. The predicted octanol–water partition coefficient (Wildman–Crippen LogP) is 4.56. The van der Waals surface area contributed by atoms with Crippen LogP contribution in [0.15, 0.2) is 0 Å². The van der Waals surface area contributed by atoms with Gasteiger partial charge in [-0.3, -0.25) is 9.59 Å². The van der Waals surface area contributed by atoms with Crippen LogP contribution in [-0.2, 0) is 14.3 Å². The number of carbonyl (C=O) groups excluding carboxylic acids is 1. The number of esters is 1. The average Bonchev–Trinajstić information content (AvgIpc) is 2.52.